The molecule has 1 N–H and O–H groups in total. The maximum atomic E-state index is 4.49. The number of nitrogens with zero attached hydrogens (tertiary/aromatic N) is 3. The Balaban J connectivity index is 1.91. The normalized spacial score (nSPS) is 12.3. The Morgan fingerprint density at radius 1 is 1.33 bits per heavy atom. The number of hydrogen-bond donors (Lipinski definition) is 1. The van der Waals surface area contributed by atoms with E-state index in [2.05, 4.69) is 49.6 Å². The highest BCUT2D eigenvalue weighted by Gasteiger charge is 2.13. The van der Waals surface area contributed by atoms with Crippen molar-refractivity contribution in [2.75, 3.05) is 5.32 Å². The van der Waals surface area contributed by atoms with Crippen molar-refractivity contribution in [2.24, 2.45) is 0 Å². The van der Waals surface area contributed by atoms with E-state index in [4.69, 9.17) is 0 Å². The molecule has 108 valence electrons. The van der Waals surface area contributed by atoms with Crippen molar-refractivity contribution < 1.29 is 0 Å². The van der Waals surface area contributed by atoms with E-state index in [1.54, 1.807) is 23.7 Å². The zero-order chi connectivity index (χ0) is 14.8. The van der Waals surface area contributed by atoms with E-state index in [0.29, 0.717) is 0 Å². The summed E-state index contributed by atoms with van der Waals surface area (Å²) >= 11 is 5.23. The first-order valence-corrected chi connectivity index (χ1v) is 8.28. The Kier molecular flexibility index (Phi) is 4.07. The van der Waals surface area contributed by atoms with Crippen LogP contribution in [0.2, 0.25) is 0 Å². The molecule has 0 aromatic carbocycles. The smallest absolute Gasteiger partial charge is 0.161 e. The van der Waals surface area contributed by atoms with E-state index in [1.165, 1.54) is 4.88 Å². The highest BCUT2D eigenvalue weighted by molar-refractivity contribution is 9.10. The standard InChI is InChI=1S/C15H15BrN4S/c1-10(14-8-12(16)9-21-14)19-13-4-3-5-18-15(13)20-7-6-17-11(20)2/h3-10,19H,1-2H3. The molecule has 0 aliphatic carbocycles. The summed E-state index contributed by atoms with van der Waals surface area (Å²) in [5.74, 6) is 1.79. The number of pyridine rings is 1. The van der Waals surface area contributed by atoms with Crippen molar-refractivity contribution in [1.82, 2.24) is 14.5 Å². The minimum absolute atomic E-state index is 0.216. The van der Waals surface area contributed by atoms with E-state index in [1.807, 2.05) is 29.8 Å². The lowest BCUT2D eigenvalue weighted by molar-refractivity contribution is 0.882. The van der Waals surface area contributed by atoms with Gasteiger partial charge in [0.05, 0.1) is 11.7 Å². The van der Waals surface area contributed by atoms with Crippen LogP contribution in [-0.4, -0.2) is 14.5 Å². The van der Waals surface area contributed by atoms with Crippen molar-refractivity contribution in [3.8, 4) is 5.82 Å². The van der Waals surface area contributed by atoms with Crippen LogP contribution in [0.15, 0.2) is 46.6 Å². The molecule has 3 aromatic rings. The Hall–Kier alpha value is -1.66. The summed E-state index contributed by atoms with van der Waals surface area (Å²) in [6.45, 7) is 4.12. The van der Waals surface area contributed by atoms with Crippen molar-refractivity contribution in [3.63, 3.8) is 0 Å². The van der Waals surface area contributed by atoms with E-state index in [0.717, 1.165) is 21.8 Å². The van der Waals surface area contributed by atoms with Crippen molar-refractivity contribution in [2.45, 2.75) is 19.9 Å². The molecular weight excluding hydrogens is 348 g/mol. The Morgan fingerprint density at radius 2 is 2.19 bits per heavy atom. The van der Waals surface area contributed by atoms with Crippen LogP contribution in [-0.2, 0) is 0 Å². The lowest BCUT2D eigenvalue weighted by Gasteiger charge is -2.17. The average Bonchev–Trinajstić information content (AvgIpc) is 3.08. The Morgan fingerprint density at radius 3 is 2.86 bits per heavy atom. The summed E-state index contributed by atoms with van der Waals surface area (Å²) in [5, 5.41) is 5.63. The zero-order valence-electron chi connectivity index (χ0n) is 11.7. The first kappa shape index (κ1) is 14.3. The lowest BCUT2D eigenvalue weighted by atomic mass is 10.2. The van der Waals surface area contributed by atoms with Gasteiger partial charge in [0.2, 0.25) is 0 Å². The van der Waals surface area contributed by atoms with Gasteiger partial charge in [-0.3, -0.25) is 4.57 Å². The number of anilines is 1. The van der Waals surface area contributed by atoms with Crippen LogP contribution in [0, 0.1) is 6.92 Å². The average molecular weight is 363 g/mol. The van der Waals surface area contributed by atoms with Crippen LogP contribution in [0.5, 0.6) is 0 Å². The topological polar surface area (TPSA) is 42.7 Å². The van der Waals surface area contributed by atoms with Gasteiger partial charge in [0, 0.05) is 33.3 Å². The fourth-order valence-corrected chi connectivity index (χ4v) is 3.62. The number of aromatic nitrogens is 3. The summed E-state index contributed by atoms with van der Waals surface area (Å²) < 4.78 is 3.10. The molecule has 1 unspecified atom stereocenters. The molecule has 0 bridgehead atoms. The predicted molar refractivity (Wildman–Crippen MR) is 90.2 cm³/mol. The molecule has 0 radical (unpaired) electrons. The second-order valence-corrected chi connectivity index (χ2v) is 6.61. The van der Waals surface area contributed by atoms with Crippen LogP contribution in [0.4, 0.5) is 5.69 Å². The minimum atomic E-state index is 0.216. The third-order valence-corrected chi connectivity index (χ3v) is 5.10. The molecule has 0 saturated carbocycles. The number of halogens is 1. The summed E-state index contributed by atoms with van der Waals surface area (Å²) in [5.41, 5.74) is 0.996. The lowest BCUT2D eigenvalue weighted by Crippen LogP contribution is -2.09. The number of aryl methyl sites for hydroxylation is 1. The molecule has 0 spiro atoms. The molecule has 3 aromatic heterocycles. The van der Waals surface area contributed by atoms with Gasteiger partial charge in [-0.15, -0.1) is 11.3 Å². The van der Waals surface area contributed by atoms with Gasteiger partial charge in [-0.25, -0.2) is 9.97 Å². The molecule has 3 heterocycles. The molecule has 0 aliphatic rings. The van der Waals surface area contributed by atoms with Crippen LogP contribution >= 0.6 is 27.3 Å². The number of imidazole rings is 1. The van der Waals surface area contributed by atoms with E-state index >= 15 is 0 Å². The molecule has 0 aliphatic heterocycles. The highest BCUT2D eigenvalue weighted by Crippen LogP contribution is 2.29. The second kappa shape index (κ2) is 5.99. The second-order valence-electron chi connectivity index (χ2n) is 4.75. The Labute approximate surface area is 136 Å². The molecule has 6 heteroatoms. The number of rotatable bonds is 4. The number of thiophene rings is 1. The van der Waals surface area contributed by atoms with Crippen molar-refractivity contribution in [1.29, 1.82) is 0 Å². The maximum absolute atomic E-state index is 4.49. The first-order valence-electron chi connectivity index (χ1n) is 6.61. The monoisotopic (exact) mass is 362 g/mol. The fraction of sp³-hybridized carbons (Fsp3) is 0.200. The number of hydrogen-bond acceptors (Lipinski definition) is 4. The van der Waals surface area contributed by atoms with Gasteiger partial charge in [0.25, 0.3) is 0 Å². The third-order valence-electron chi connectivity index (χ3n) is 3.23. The fourth-order valence-electron chi connectivity index (χ4n) is 2.16. The SMILES string of the molecule is Cc1nccn1-c1ncccc1NC(C)c1cc(Br)cs1. The van der Waals surface area contributed by atoms with Gasteiger partial charge in [0.1, 0.15) is 5.82 Å². The van der Waals surface area contributed by atoms with Crippen LogP contribution < -0.4 is 5.32 Å². The minimum Gasteiger partial charge on any atom is -0.375 e. The van der Waals surface area contributed by atoms with E-state index in [9.17, 15) is 0 Å². The van der Waals surface area contributed by atoms with Crippen LogP contribution in [0.1, 0.15) is 23.7 Å². The maximum Gasteiger partial charge on any atom is 0.161 e. The highest BCUT2D eigenvalue weighted by atomic mass is 79.9. The van der Waals surface area contributed by atoms with Gasteiger partial charge in [0.15, 0.2) is 5.82 Å². The van der Waals surface area contributed by atoms with Gasteiger partial charge in [-0.05, 0) is 48.0 Å². The molecule has 0 saturated heterocycles. The van der Waals surface area contributed by atoms with Crippen LogP contribution in [0.25, 0.3) is 5.82 Å². The number of nitrogens with one attached hydrogen (secondary N) is 1. The van der Waals surface area contributed by atoms with Gasteiger partial charge in [-0.1, -0.05) is 0 Å². The van der Waals surface area contributed by atoms with Crippen molar-refractivity contribution >= 4 is 33.0 Å². The van der Waals surface area contributed by atoms with Gasteiger partial charge >= 0.3 is 0 Å². The first-order chi connectivity index (χ1) is 10.1. The quantitative estimate of drug-likeness (QED) is 0.738. The summed E-state index contributed by atoms with van der Waals surface area (Å²) in [7, 11) is 0. The molecular formula is C15H15BrN4S. The summed E-state index contributed by atoms with van der Waals surface area (Å²) in [6.07, 6.45) is 5.51. The zero-order valence-corrected chi connectivity index (χ0v) is 14.1. The predicted octanol–water partition coefficient (Wildman–Crippen LogP) is 4.57. The van der Waals surface area contributed by atoms with E-state index in [-0.39, 0.29) is 6.04 Å². The molecule has 0 fully saturated rings. The third kappa shape index (κ3) is 3.01. The van der Waals surface area contributed by atoms with Crippen LogP contribution in [0.3, 0.4) is 0 Å². The van der Waals surface area contributed by atoms with Crippen molar-refractivity contribution in [3.05, 3.63) is 57.3 Å². The largest absolute Gasteiger partial charge is 0.375 e. The molecule has 21 heavy (non-hydrogen) atoms. The molecule has 3 rings (SSSR count). The Bertz CT molecular complexity index is 749. The molecule has 1 atom stereocenters. The summed E-state index contributed by atoms with van der Waals surface area (Å²) in [6, 6.07) is 6.34. The van der Waals surface area contributed by atoms with Gasteiger partial charge in [-0.2, -0.15) is 0 Å². The van der Waals surface area contributed by atoms with Gasteiger partial charge < -0.3 is 5.32 Å². The van der Waals surface area contributed by atoms with E-state index < -0.39 is 0 Å². The molecule has 4 nitrogen and oxygen atoms in total. The molecule has 0 amide bonds. The summed E-state index contributed by atoms with van der Waals surface area (Å²) in [4.78, 5) is 10.0.